The van der Waals surface area contributed by atoms with Crippen molar-refractivity contribution >= 4 is 0 Å². The molecular formula is C17H26N2. The molecule has 3 N–H and O–H groups in total. The van der Waals surface area contributed by atoms with Crippen LogP contribution >= 0.6 is 0 Å². The van der Waals surface area contributed by atoms with Crippen LogP contribution in [-0.4, -0.2) is 0 Å². The summed E-state index contributed by atoms with van der Waals surface area (Å²) < 4.78 is 0. The van der Waals surface area contributed by atoms with Crippen LogP contribution in [0, 0.1) is 17.3 Å². The first-order valence-corrected chi connectivity index (χ1v) is 6.89. The van der Waals surface area contributed by atoms with Crippen molar-refractivity contribution < 1.29 is 0 Å². The van der Waals surface area contributed by atoms with Crippen LogP contribution in [0.3, 0.4) is 0 Å². The minimum absolute atomic E-state index is 0.0423. The molecule has 0 saturated heterocycles. The Kier molecular flexibility index (Phi) is 5.60. The molecule has 104 valence electrons. The molecule has 1 unspecified atom stereocenters. The van der Waals surface area contributed by atoms with E-state index in [4.69, 9.17) is 5.84 Å². The van der Waals surface area contributed by atoms with Gasteiger partial charge in [-0.2, -0.15) is 0 Å². The lowest BCUT2D eigenvalue weighted by Crippen LogP contribution is -2.27. The molecule has 0 fully saturated rings. The van der Waals surface area contributed by atoms with Gasteiger partial charge in [0.05, 0.1) is 6.04 Å². The van der Waals surface area contributed by atoms with Gasteiger partial charge in [-0.1, -0.05) is 44.0 Å². The van der Waals surface area contributed by atoms with Gasteiger partial charge in [0.15, 0.2) is 0 Å². The van der Waals surface area contributed by atoms with Crippen molar-refractivity contribution in [3.8, 4) is 11.8 Å². The van der Waals surface area contributed by atoms with E-state index < -0.39 is 0 Å². The summed E-state index contributed by atoms with van der Waals surface area (Å²) in [5.41, 5.74) is 5.43. The highest BCUT2D eigenvalue weighted by molar-refractivity contribution is 5.27. The molecule has 19 heavy (non-hydrogen) atoms. The summed E-state index contributed by atoms with van der Waals surface area (Å²) in [4.78, 5) is 0. The Morgan fingerprint density at radius 2 is 1.63 bits per heavy atom. The summed E-state index contributed by atoms with van der Waals surface area (Å²) in [6.07, 6.45) is 0.731. The van der Waals surface area contributed by atoms with Crippen molar-refractivity contribution in [2.75, 3.05) is 0 Å². The van der Waals surface area contributed by atoms with Crippen LogP contribution < -0.4 is 11.3 Å². The molecule has 0 radical (unpaired) electrons. The van der Waals surface area contributed by atoms with Crippen molar-refractivity contribution in [3.05, 3.63) is 35.4 Å². The summed E-state index contributed by atoms with van der Waals surface area (Å²) >= 11 is 0. The average Bonchev–Trinajstić information content (AvgIpc) is 2.33. The zero-order valence-electron chi connectivity index (χ0n) is 12.7. The molecule has 1 aromatic rings. The first kappa shape index (κ1) is 15.8. The minimum Gasteiger partial charge on any atom is -0.271 e. The van der Waals surface area contributed by atoms with E-state index >= 15 is 0 Å². The topological polar surface area (TPSA) is 38.0 Å². The number of benzene rings is 1. The predicted octanol–water partition coefficient (Wildman–Crippen LogP) is 3.75. The van der Waals surface area contributed by atoms with Crippen LogP contribution in [0.15, 0.2) is 24.3 Å². The number of nitrogens with one attached hydrogen (secondary N) is 1. The molecule has 1 aromatic carbocycles. The van der Waals surface area contributed by atoms with Crippen molar-refractivity contribution in [3.63, 3.8) is 0 Å². The molecule has 1 atom stereocenters. The van der Waals surface area contributed by atoms with Crippen LogP contribution in [0.2, 0.25) is 0 Å². The highest BCUT2D eigenvalue weighted by Crippen LogP contribution is 2.20. The molecule has 0 spiro atoms. The third-order valence-corrected chi connectivity index (χ3v) is 2.98. The van der Waals surface area contributed by atoms with Crippen LogP contribution in [0.1, 0.15) is 64.1 Å². The lowest BCUT2D eigenvalue weighted by Gasteiger charge is -2.15. The fraction of sp³-hybridized carbons (Fsp3) is 0.529. The van der Waals surface area contributed by atoms with Gasteiger partial charge in [0.25, 0.3) is 0 Å². The number of hydrazine groups is 1. The van der Waals surface area contributed by atoms with Gasteiger partial charge >= 0.3 is 0 Å². The Morgan fingerprint density at radius 1 is 1.11 bits per heavy atom. The second-order valence-electron chi connectivity index (χ2n) is 6.30. The van der Waals surface area contributed by atoms with Crippen LogP contribution in [0.4, 0.5) is 0 Å². The highest BCUT2D eigenvalue weighted by Gasteiger charge is 2.09. The Balaban J connectivity index is 2.77. The molecule has 0 aliphatic carbocycles. The SMILES string of the molecule is CC(C)c1ccc(C(CC#CC(C)(C)C)NN)cc1. The predicted molar refractivity (Wildman–Crippen MR) is 82.4 cm³/mol. The van der Waals surface area contributed by atoms with Gasteiger partial charge in [0.2, 0.25) is 0 Å². The van der Waals surface area contributed by atoms with Crippen molar-refractivity contribution in [1.82, 2.24) is 5.43 Å². The van der Waals surface area contributed by atoms with Gasteiger partial charge in [0, 0.05) is 11.8 Å². The third-order valence-electron chi connectivity index (χ3n) is 2.98. The van der Waals surface area contributed by atoms with Crippen LogP contribution in [0.25, 0.3) is 0 Å². The van der Waals surface area contributed by atoms with Gasteiger partial charge < -0.3 is 0 Å². The van der Waals surface area contributed by atoms with Crippen molar-refractivity contribution in [2.45, 2.75) is 53.0 Å². The first-order chi connectivity index (χ1) is 8.83. The second-order valence-corrected chi connectivity index (χ2v) is 6.30. The second kappa shape index (κ2) is 6.75. The molecule has 0 aliphatic rings. The van der Waals surface area contributed by atoms with Gasteiger partial charge in [-0.25, -0.2) is 0 Å². The molecular weight excluding hydrogens is 232 g/mol. The first-order valence-electron chi connectivity index (χ1n) is 6.89. The minimum atomic E-state index is 0.0423. The standard InChI is InChI=1S/C17H26N2/c1-13(2)14-8-10-15(11-9-14)16(19-18)7-6-12-17(3,4)5/h8-11,13,16,19H,7,18H2,1-5H3. The highest BCUT2D eigenvalue weighted by atomic mass is 15.2. The molecule has 1 rings (SSSR count). The summed E-state index contributed by atoms with van der Waals surface area (Å²) in [7, 11) is 0. The molecule has 0 bridgehead atoms. The Bertz CT molecular complexity index is 441. The van der Waals surface area contributed by atoms with Crippen LogP contribution in [0.5, 0.6) is 0 Å². The van der Waals surface area contributed by atoms with E-state index in [2.05, 4.69) is 76.2 Å². The number of nitrogens with two attached hydrogens (primary N) is 1. The van der Waals surface area contributed by atoms with Gasteiger partial charge in [-0.15, -0.1) is 5.92 Å². The monoisotopic (exact) mass is 258 g/mol. The van der Waals surface area contributed by atoms with E-state index in [1.54, 1.807) is 0 Å². The largest absolute Gasteiger partial charge is 0.271 e. The summed E-state index contributed by atoms with van der Waals surface area (Å²) in [6, 6.07) is 8.70. The summed E-state index contributed by atoms with van der Waals surface area (Å²) in [6.45, 7) is 10.7. The van der Waals surface area contributed by atoms with E-state index in [1.165, 1.54) is 11.1 Å². The van der Waals surface area contributed by atoms with Gasteiger partial charge in [0.1, 0.15) is 0 Å². The van der Waals surface area contributed by atoms with Crippen molar-refractivity contribution in [2.24, 2.45) is 11.3 Å². The summed E-state index contributed by atoms with van der Waals surface area (Å²) in [5.74, 6) is 12.6. The van der Waals surface area contributed by atoms with E-state index in [0.29, 0.717) is 5.92 Å². The molecule has 0 aromatic heterocycles. The fourth-order valence-electron chi connectivity index (χ4n) is 1.80. The molecule has 0 heterocycles. The summed E-state index contributed by atoms with van der Waals surface area (Å²) in [5, 5.41) is 0. The Labute approximate surface area is 117 Å². The Morgan fingerprint density at radius 3 is 2.05 bits per heavy atom. The maximum atomic E-state index is 5.63. The lowest BCUT2D eigenvalue weighted by molar-refractivity contribution is 0.555. The molecule has 2 nitrogen and oxygen atoms in total. The van der Waals surface area contributed by atoms with Gasteiger partial charge in [-0.05, 0) is 37.8 Å². The van der Waals surface area contributed by atoms with Crippen LogP contribution in [-0.2, 0) is 0 Å². The third kappa shape index (κ3) is 5.46. The number of rotatable bonds is 4. The Hall–Kier alpha value is -1.30. The van der Waals surface area contributed by atoms with Crippen molar-refractivity contribution in [1.29, 1.82) is 0 Å². The quantitative estimate of drug-likeness (QED) is 0.490. The average molecular weight is 258 g/mol. The van der Waals surface area contributed by atoms with Gasteiger partial charge in [-0.3, -0.25) is 11.3 Å². The smallest absolute Gasteiger partial charge is 0.0569 e. The lowest BCUT2D eigenvalue weighted by atomic mass is 9.96. The fourth-order valence-corrected chi connectivity index (χ4v) is 1.80. The van der Waals surface area contributed by atoms with E-state index in [9.17, 15) is 0 Å². The molecule has 0 aliphatic heterocycles. The maximum absolute atomic E-state index is 5.63. The molecule has 0 saturated carbocycles. The molecule has 2 heteroatoms. The van der Waals surface area contributed by atoms with E-state index in [1.807, 2.05) is 0 Å². The zero-order valence-corrected chi connectivity index (χ0v) is 12.7. The maximum Gasteiger partial charge on any atom is 0.0569 e. The normalized spacial score (nSPS) is 13.0. The zero-order chi connectivity index (χ0) is 14.5. The number of hydrogen-bond donors (Lipinski definition) is 2. The number of hydrogen-bond acceptors (Lipinski definition) is 2. The molecule has 0 amide bonds. The van der Waals surface area contributed by atoms with E-state index in [0.717, 1.165) is 6.42 Å². The van der Waals surface area contributed by atoms with E-state index in [-0.39, 0.29) is 11.5 Å².